The van der Waals surface area contributed by atoms with E-state index < -0.39 is 0 Å². The average Bonchev–Trinajstić information content (AvgIpc) is 2.86. The molecule has 4 aromatic carbocycles. The van der Waals surface area contributed by atoms with E-state index in [1.54, 1.807) is 30.3 Å². The number of aromatic hydroxyl groups is 1. The summed E-state index contributed by atoms with van der Waals surface area (Å²) in [7, 11) is 0. The number of phenols is 1. The quantitative estimate of drug-likeness (QED) is 0.334. The summed E-state index contributed by atoms with van der Waals surface area (Å²) in [6.45, 7) is 0.931. The van der Waals surface area contributed by atoms with E-state index in [1.807, 2.05) is 66.7 Å². The Balaban J connectivity index is 1.40. The molecule has 0 atom stereocenters. The highest BCUT2D eigenvalue weighted by molar-refractivity contribution is 5.40. The fraction of sp³-hybridized carbons (Fsp3) is 0.143. The van der Waals surface area contributed by atoms with Gasteiger partial charge in [-0.05, 0) is 46.5 Å². The van der Waals surface area contributed by atoms with E-state index in [2.05, 4.69) is 0 Å². The van der Waals surface area contributed by atoms with Crippen LogP contribution in [0.4, 0.5) is 0 Å². The van der Waals surface area contributed by atoms with E-state index in [0.29, 0.717) is 36.0 Å². The largest absolute Gasteiger partial charge is 0.508 e. The predicted molar refractivity (Wildman–Crippen MR) is 126 cm³/mol. The van der Waals surface area contributed by atoms with Gasteiger partial charge >= 0.3 is 0 Å². The molecule has 4 aromatic rings. The summed E-state index contributed by atoms with van der Waals surface area (Å²) in [6, 6.07) is 30.1. The van der Waals surface area contributed by atoms with Crippen molar-refractivity contribution in [3.63, 3.8) is 0 Å². The first-order chi connectivity index (χ1) is 16.2. The maximum Gasteiger partial charge on any atom is 0.123 e. The van der Waals surface area contributed by atoms with Crippen LogP contribution < -0.4 is 14.2 Å². The van der Waals surface area contributed by atoms with Crippen LogP contribution in [0, 0.1) is 0 Å². The molecule has 4 rings (SSSR count). The number of phenolic OH excluding ortho intramolecular Hbond substituents is 1. The van der Waals surface area contributed by atoms with Gasteiger partial charge in [0, 0.05) is 12.1 Å². The van der Waals surface area contributed by atoms with Crippen LogP contribution in [-0.2, 0) is 26.4 Å². The first-order valence-corrected chi connectivity index (χ1v) is 10.7. The number of hydrogen-bond acceptors (Lipinski definition) is 5. The molecule has 0 fully saturated rings. The molecule has 0 aliphatic rings. The minimum Gasteiger partial charge on any atom is -0.508 e. The van der Waals surface area contributed by atoms with Crippen LogP contribution in [0.1, 0.15) is 22.3 Å². The lowest BCUT2D eigenvalue weighted by Crippen LogP contribution is -2.00. The number of rotatable bonds is 10. The molecule has 0 amide bonds. The molecule has 0 unspecified atom stereocenters. The molecule has 0 heterocycles. The van der Waals surface area contributed by atoms with Gasteiger partial charge in [-0.1, -0.05) is 60.7 Å². The van der Waals surface area contributed by atoms with E-state index in [-0.39, 0.29) is 19.0 Å². The number of aliphatic hydroxyl groups is 1. The van der Waals surface area contributed by atoms with Gasteiger partial charge < -0.3 is 24.4 Å². The van der Waals surface area contributed by atoms with Crippen molar-refractivity contribution >= 4 is 0 Å². The highest BCUT2D eigenvalue weighted by atomic mass is 16.5. The molecule has 33 heavy (non-hydrogen) atoms. The lowest BCUT2D eigenvalue weighted by molar-refractivity contribution is 0.270. The fourth-order valence-electron chi connectivity index (χ4n) is 3.35. The van der Waals surface area contributed by atoms with Gasteiger partial charge in [0.1, 0.15) is 42.8 Å². The highest BCUT2D eigenvalue weighted by Crippen LogP contribution is 2.27. The Labute approximate surface area is 193 Å². The maximum absolute atomic E-state index is 10.1. The molecule has 0 spiro atoms. The summed E-state index contributed by atoms with van der Waals surface area (Å²) >= 11 is 0. The van der Waals surface area contributed by atoms with Gasteiger partial charge in [0.15, 0.2) is 0 Å². The second-order valence-electron chi connectivity index (χ2n) is 7.64. The Kier molecular flexibility index (Phi) is 7.46. The van der Waals surface area contributed by atoms with Crippen LogP contribution >= 0.6 is 0 Å². The molecule has 0 aromatic heterocycles. The number of ether oxygens (including phenoxy) is 3. The molecular formula is C28H26O5. The summed E-state index contributed by atoms with van der Waals surface area (Å²) in [4.78, 5) is 0. The molecule has 0 aliphatic carbocycles. The molecule has 0 bridgehead atoms. The summed E-state index contributed by atoms with van der Waals surface area (Å²) in [6.07, 6.45) is 0. The molecule has 5 nitrogen and oxygen atoms in total. The molecule has 5 heteroatoms. The van der Waals surface area contributed by atoms with Crippen LogP contribution in [0.5, 0.6) is 23.0 Å². The summed E-state index contributed by atoms with van der Waals surface area (Å²) in [5, 5.41) is 19.7. The summed E-state index contributed by atoms with van der Waals surface area (Å²) in [5.74, 6) is 1.85. The van der Waals surface area contributed by atoms with Gasteiger partial charge in [-0.3, -0.25) is 0 Å². The molecule has 0 radical (unpaired) electrons. The van der Waals surface area contributed by atoms with E-state index in [0.717, 1.165) is 16.7 Å². The molecule has 0 aliphatic heterocycles. The second-order valence-corrected chi connectivity index (χ2v) is 7.64. The molecule has 2 N–H and O–H groups in total. The third kappa shape index (κ3) is 6.76. The zero-order chi connectivity index (χ0) is 22.9. The minimum absolute atomic E-state index is 0.107. The van der Waals surface area contributed by atoms with Gasteiger partial charge in [-0.2, -0.15) is 0 Å². The van der Waals surface area contributed by atoms with E-state index >= 15 is 0 Å². The van der Waals surface area contributed by atoms with Crippen LogP contribution in [0.2, 0.25) is 0 Å². The standard InChI is InChI=1S/C28H26O5/c29-17-23-12-27(32-19-22-9-5-2-6-10-22)16-28(13-23)33-20-24-11-25(30)15-26(14-24)31-18-21-7-3-1-4-8-21/h1-16,29-30H,17-20H2. The first kappa shape index (κ1) is 22.2. The van der Waals surface area contributed by atoms with Gasteiger partial charge in [0.2, 0.25) is 0 Å². The van der Waals surface area contributed by atoms with Gasteiger partial charge in [0.05, 0.1) is 6.61 Å². The first-order valence-electron chi connectivity index (χ1n) is 10.7. The van der Waals surface area contributed by atoms with Crippen molar-refractivity contribution in [3.8, 4) is 23.0 Å². The number of benzene rings is 4. The lowest BCUT2D eigenvalue weighted by Gasteiger charge is -2.13. The second kappa shape index (κ2) is 11.1. The van der Waals surface area contributed by atoms with Crippen molar-refractivity contribution in [2.45, 2.75) is 26.4 Å². The highest BCUT2D eigenvalue weighted by Gasteiger charge is 2.07. The van der Waals surface area contributed by atoms with Gasteiger partial charge in [-0.15, -0.1) is 0 Å². The van der Waals surface area contributed by atoms with Crippen LogP contribution in [0.15, 0.2) is 97.1 Å². The fourth-order valence-corrected chi connectivity index (χ4v) is 3.35. The normalized spacial score (nSPS) is 10.6. The maximum atomic E-state index is 10.1. The van der Waals surface area contributed by atoms with Crippen molar-refractivity contribution in [1.82, 2.24) is 0 Å². The van der Waals surface area contributed by atoms with Crippen LogP contribution in [0.25, 0.3) is 0 Å². The Hall–Kier alpha value is -3.96. The summed E-state index contributed by atoms with van der Waals surface area (Å²) in [5.41, 5.74) is 3.55. The van der Waals surface area contributed by atoms with E-state index in [1.165, 1.54) is 0 Å². The lowest BCUT2D eigenvalue weighted by atomic mass is 10.2. The third-order valence-corrected chi connectivity index (χ3v) is 4.98. The Bertz CT molecular complexity index is 1160. The zero-order valence-electron chi connectivity index (χ0n) is 18.2. The molecular weight excluding hydrogens is 416 g/mol. The monoisotopic (exact) mass is 442 g/mol. The van der Waals surface area contributed by atoms with E-state index in [4.69, 9.17) is 14.2 Å². The van der Waals surface area contributed by atoms with Crippen molar-refractivity contribution in [2.24, 2.45) is 0 Å². The van der Waals surface area contributed by atoms with Crippen molar-refractivity contribution in [3.05, 3.63) is 119 Å². The van der Waals surface area contributed by atoms with Crippen molar-refractivity contribution in [2.75, 3.05) is 0 Å². The number of hydrogen-bond donors (Lipinski definition) is 2. The van der Waals surface area contributed by atoms with Gasteiger partial charge in [0.25, 0.3) is 0 Å². The van der Waals surface area contributed by atoms with Crippen LogP contribution in [-0.4, -0.2) is 10.2 Å². The van der Waals surface area contributed by atoms with Crippen LogP contribution in [0.3, 0.4) is 0 Å². The van der Waals surface area contributed by atoms with Crippen molar-refractivity contribution in [1.29, 1.82) is 0 Å². The molecule has 168 valence electrons. The van der Waals surface area contributed by atoms with E-state index in [9.17, 15) is 10.2 Å². The topological polar surface area (TPSA) is 68.2 Å². The summed E-state index contributed by atoms with van der Waals surface area (Å²) < 4.78 is 17.7. The van der Waals surface area contributed by atoms with Crippen molar-refractivity contribution < 1.29 is 24.4 Å². The Morgan fingerprint density at radius 1 is 0.485 bits per heavy atom. The zero-order valence-corrected chi connectivity index (χ0v) is 18.2. The molecule has 0 saturated carbocycles. The SMILES string of the molecule is OCc1cc(OCc2ccccc2)cc(OCc2cc(O)cc(OCc3ccccc3)c2)c1. The Morgan fingerprint density at radius 2 is 0.939 bits per heavy atom. The molecule has 0 saturated heterocycles. The third-order valence-electron chi connectivity index (χ3n) is 4.98. The van der Waals surface area contributed by atoms with Gasteiger partial charge in [-0.25, -0.2) is 0 Å². The average molecular weight is 443 g/mol. The smallest absolute Gasteiger partial charge is 0.123 e. The predicted octanol–water partition coefficient (Wildman–Crippen LogP) is 5.62. The Morgan fingerprint density at radius 3 is 1.45 bits per heavy atom. The number of aliphatic hydroxyl groups excluding tert-OH is 1. The minimum atomic E-state index is -0.123.